The number of hydrogen-bond acceptors (Lipinski definition) is 7. The SMILES string of the molecule is [B]c1cc(C[C@@H](OC(=O)N2CCC(N3CCc4ccccc4NC3=O)CC2)C(=O)N2CCC(C3CCN(S(=O)(=O)CC)CC3)CC2)cc(Br)c1O. The average Bonchev–Trinajstić information content (AvgIpc) is 3.31. The zero-order valence-corrected chi connectivity index (χ0v) is 31.5. The molecule has 1 atom stereocenters. The highest BCUT2D eigenvalue weighted by Gasteiger charge is 2.38. The van der Waals surface area contributed by atoms with Gasteiger partial charge in [-0.25, -0.2) is 22.3 Å². The summed E-state index contributed by atoms with van der Waals surface area (Å²) >= 11 is 3.32. The van der Waals surface area contributed by atoms with Crippen LogP contribution in [0.3, 0.4) is 0 Å². The van der Waals surface area contributed by atoms with Crippen molar-refractivity contribution in [3.05, 3.63) is 52.0 Å². The van der Waals surface area contributed by atoms with Crippen molar-refractivity contribution >= 4 is 63.0 Å². The number of phenolic OH excluding ortho intramolecular Hbond substituents is 1. The number of piperidine rings is 3. The van der Waals surface area contributed by atoms with Crippen molar-refractivity contribution in [2.45, 2.75) is 70.4 Å². The molecule has 3 fully saturated rings. The number of likely N-dealkylation sites (tertiary alicyclic amines) is 2. The number of carbonyl (C=O) groups is 3. The Hall–Kier alpha value is -3.30. The van der Waals surface area contributed by atoms with Crippen molar-refractivity contribution in [1.82, 2.24) is 19.0 Å². The molecule has 12 nitrogen and oxygen atoms in total. The number of para-hydroxylation sites is 1. The van der Waals surface area contributed by atoms with Crippen LogP contribution in [0.5, 0.6) is 5.75 Å². The van der Waals surface area contributed by atoms with Crippen molar-refractivity contribution in [3.8, 4) is 5.75 Å². The summed E-state index contributed by atoms with van der Waals surface area (Å²) in [7, 11) is 2.83. The van der Waals surface area contributed by atoms with Crippen LogP contribution in [0.25, 0.3) is 0 Å². The van der Waals surface area contributed by atoms with Crippen LogP contribution in [0.15, 0.2) is 40.9 Å². The van der Waals surface area contributed by atoms with Gasteiger partial charge in [0.25, 0.3) is 5.91 Å². The Balaban J connectivity index is 1.07. The molecule has 2 aromatic carbocycles. The van der Waals surface area contributed by atoms with E-state index in [4.69, 9.17) is 12.6 Å². The average molecular weight is 785 g/mol. The summed E-state index contributed by atoms with van der Waals surface area (Å²) in [6, 6.07) is 10.9. The maximum Gasteiger partial charge on any atom is 0.410 e. The number of aromatic hydroxyl groups is 1. The van der Waals surface area contributed by atoms with Crippen LogP contribution in [0.4, 0.5) is 15.3 Å². The lowest BCUT2D eigenvalue weighted by molar-refractivity contribution is -0.142. The van der Waals surface area contributed by atoms with Gasteiger partial charge in [0.1, 0.15) is 13.6 Å². The summed E-state index contributed by atoms with van der Waals surface area (Å²) < 4.78 is 32.6. The fourth-order valence-electron chi connectivity index (χ4n) is 8.09. The Labute approximate surface area is 310 Å². The molecular formula is C36H47BBrN5O7S. The molecular weight excluding hydrogens is 737 g/mol. The summed E-state index contributed by atoms with van der Waals surface area (Å²) in [5.74, 6) is 0.558. The molecule has 2 radical (unpaired) electrons. The molecule has 0 aliphatic carbocycles. The second kappa shape index (κ2) is 16.2. The van der Waals surface area contributed by atoms with Gasteiger partial charge in [-0.05, 0) is 103 Å². The van der Waals surface area contributed by atoms with Crippen LogP contribution in [-0.4, -0.2) is 122 Å². The molecule has 4 aliphatic rings. The van der Waals surface area contributed by atoms with Crippen LogP contribution in [0.1, 0.15) is 56.6 Å². The van der Waals surface area contributed by atoms with Crippen molar-refractivity contribution < 1.29 is 32.6 Å². The van der Waals surface area contributed by atoms with E-state index in [2.05, 4.69) is 21.2 Å². The van der Waals surface area contributed by atoms with Gasteiger partial charge >= 0.3 is 12.1 Å². The van der Waals surface area contributed by atoms with E-state index in [1.165, 1.54) is 0 Å². The molecule has 2 aromatic rings. The number of nitrogens with zero attached hydrogens (tertiary/aromatic N) is 4. The highest BCUT2D eigenvalue weighted by molar-refractivity contribution is 9.10. The molecule has 274 valence electrons. The van der Waals surface area contributed by atoms with Crippen molar-refractivity contribution in [2.75, 3.05) is 56.9 Å². The third kappa shape index (κ3) is 8.68. The number of sulfonamides is 1. The number of phenols is 1. The van der Waals surface area contributed by atoms with Gasteiger partial charge in [-0.15, -0.1) is 0 Å². The Bertz CT molecular complexity index is 1680. The molecule has 6 rings (SSSR count). The second-order valence-corrected chi connectivity index (χ2v) is 17.3. The maximum absolute atomic E-state index is 14.1. The van der Waals surface area contributed by atoms with Crippen molar-refractivity contribution in [1.29, 1.82) is 0 Å². The lowest BCUT2D eigenvalue weighted by Crippen LogP contribution is -2.52. The number of fused-ring (bicyclic) bond motifs is 1. The number of anilines is 1. The summed E-state index contributed by atoms with van der Waals surface area (Å²) in [5, 5.41) is 13.2. The lowest BCUT2D eigenvalue weighted by Gasteiger charge is -2.40. The quantitative estimate of drug-likeness (QED) is 0.388. The Morgan fingerprint density at radius 3 is 2.24 bits per heavy atom. The van der Waals surface area contributed by atoms with E-state index in [0.29, 0.717) is 80.5 Å². The van der Waals surface area contributed by atoms with E-state index in [0.717, 1.165) is 43.4 Å². The zero-order valence-electron chi connectivity index (χ0n) is 29.1. The van der Waals surface area contributed by atoms with E-state index in [-0.39, 0.29) is 41.4 Å². The Morgan fingerprint density at radius 2 is 1.59 bits per heavy atom. The van der Waals surface area contributed by atoms with Crippen LogP contribution in [-0.2, 0) is 32.4 Å². The first-order valence-corrected chi connectivity index (χ1v) is 20.5. The number of benzene rings is 2. The van der Waals surface area contributed by atoms with Crippen molar-refractivity contribution in [3.63, 3.8) is 0 Å². The zero-order chi connectivity index (χ0) is 36.3. The monoisotopic (exact) mass is 783 g/mol. The van der Waals surface area contributed by atoms with Crippen molar-refractivity contribution in [2.24, 2.45) is 11.8 Å². The number of carbonyl (C=O) groups excluding carboxylic acids is 3. The first kappa shape index (κ1) is 37.5. The van der Waals surface area contributed by atoms with Crippen LogP contribution in [0.2, 0.25) is 0 Å². The molecule has 51 heavy (non-hydrogen) atoms. The Kier molecular flexibility index (Phi) is 11.9. The number of hydrogen-bond donors (Lipinski definition) is 2. The van der Waals surface area contributed by atoms with Gasteiger partial charge < -0.3 is 29.9 Å². The molecule has 0 spiro atoms. The summed E-state index contributed by atoms with van der Waals surface area (Å²) in [5.41, 5.74) is 2.72. The fraction of sp³-hybridized carbons (Fsp3) is 0.583. The van der Waals surface area contributed by atoms with Crippen LogP contribution in [0, 0.1) is 11.8 Å². The van der Waals surface area contributed by atoms with E-state index in [9.17, 15) is 27.9 Å². The van der Waals surface area contributed by atoms with E-state index in [1.807, 2.05) is 29.2 Å². The molecule has 4 aliphatic heterocycles. The first-order chi connectivity index (χ1) is 24.4. The minimum atomic E-state index is -3.19. The van der Waals surface area contributed by atoms with Crippen LogP contribution < -0.4 is 10.8 Å². The molecule has 3 saturated heterocycles. The highest BCUT2D eigenvalue weighted by Crippen LogP contribution is 2.34. The maximum atomic E-state index is 14.1. The number of ether oxygens (including phenoxy) is 1. The van der Waals surface area contributed by atoms with Gasteiger partial charge in [0.05, 0.1) is 10.2 Å². The van der Waals surface area contributed by atoms with E-state index >= 15 is 0 Å². The molecule has 4 amide bonds. The number of rotatable bonds is 8. The number of amides is 4. The molecule has 4 heterocycles. The predicted octanol–water partition coefficient (Wildman–Crippen LogP) is 3.85. The molecule has 0 unspecified atom stereocenters. The lowest BCUT2D eigenvalue weighted by atomic mass is 9.79. The second-order valence-electron chi connectivity index (χ2n) is 14.1. The largest absolute Gasteiger partial charge is 0.507 e. The first-order valence-electron chi connectivity index (χ1n) is 18.1. The Morgan fingerprint density at radius 1 is 0.961 bits per heavy atom. The third-order valence-electron chi connectivity index (χ3n) is 11.2. The van der Waals surface area contributed by atoms with Gasteiger partial charge in [-0.3, -0.25) is 4.79 Å². The van der Waals surface area contributed by atoms with Gasteiger partial charge in [0, 0.05) is 64.0 Å². The van der Waals surface area contributed by atoms with Crippen LogP contribution >= 0.6 is 15.9 Å². The van der Waals surface area contributed by atoms with E-state index < -0.39 is 22.2 Å². The van der Waals surface area contributed by atoms with Gasteiger partial charge in [-0.1, -0.05) is 29.7 Å². The smallest absolute Gasteiger partial charge is 0.410 e. The molecule has 0 saturated carbocycles. The molecule has 0 aromatic heterocycles. The fourth-order valence-corrected chi connectivity index (χ4v) is 9.74. The minimum absolute atomic E-state index is 0.0253. The predicted molar refractivity (Wildman–Crippen MR) is 199 cm³/mol. The molecule has 0 bridgehead atoms. The summed E-state index contributed by atoms with van der Waals surface area (Å²) in [6.07, 6.45) is 3.60. The number of halogens is 1. The normalized spacial score (nSPS) is 20.7. The standard InChI is InChI=1S/C36H47BBrN5O7S/c1-2-51(48,49)42-18-9-26(10-19-42)25-7-14-40(15-8-25)34(45)32(23-24-21-29(37)33(44)30(38)22-24)50-36(47)41-16-12-28(13-17-41)43-20-11-27-5-3-4-6-31(27)39-35(43)46/h3-6,21-22,25-26,28,32,44H,2,7-20,23H2,1H3,(H,39,46)/t32-/m1/s1. The van der Waals surface area contributed by atoms with Gasteiger partial charge in [0.2, 0.25) is 10.0 Å². The minimum Gasteiger partial charge on any atom is -0.507 e. The molecule has 15 heteroatoms. The topological polar surface area (TPSA) is 140 Å². The van der Waals surface area contributed by atoms with E-state index in [1.54, 1.807) is 33.2 Å². The summed E-state index contributed by atoms with van der Waals surface area (Å²) in [4.78, 5) is 46.0. The van der Waals surface area contributed by atoms with Gasteiger partial charge in [-0.2, -0.15) is 0 Å². The van der Waals surface area contributed by atoms with Gasteiger partial charge in [0.15, 0.2) is 6.10 Å². The number of nitrogens with one attached hydrogen (secondary N) is 1. The molecule has 2 N–H and O–H groups in total. The summed E-state index contributed by atoms with van der Waals surface area (Å²) in [6.45, 7) is 5.19. The highest BCUT2D eigenvalue weighted by atomic mass is 79.9. The number of urea groups is 1. The third-order valence-corrected chi connectivity index (χ3v) is 13.7.